The number of anilines is 1. The number of morpholine rings is 1. The maximum Gasteiger partial charge on any atom is 0.293 e. The lowest BCUT2D eigenvalue weighted by atomic mass is 10.1. The maximum absolute atomic E-state index is 12.3. The van der Waals surface area contributed by atoms with Crippen LogP contribution in [0.25, 0.3) is 11.3 Å². The summed E-state index contributed by atoms with van der Waals surface area (Å²) >= 11 is 1.51. The highest BCUT2D eigenvalue weighted by atomic mass is 32.1. The minimum absolute atomic E-state index is 0.274. The van der Waals surface area contributed by atoms with Crippen molar-refractivity contribution in [3.63, 3.8) is 0 Å². The molecule has 6 nitrogen and oxygen atoms in total. The lowest BCUT2D eigenvalue weighted by Crippen LogP contribution is -2.35. The van der Waals surface area contributed by atoms with Crippen molar-refractivity contribution >= 4 is 22.4 Å². The molecule has 0 aliphatic carbocycles. The molecule has 134 valence electrons. The summed E-state index contributed by atoms with van der Waals surface area (Å²) in [5.41, 5.74) is 1.96. The number of hydrogen-bond acceptors (Lipinski definition) is 6. The van der Waals surface area contributed by atoms with E-state index >= 15 is 0 Å². The average Bonchev–Trinajstić information content (AvgIpc) is 3.34. The van der Waals surface area contributed by atoms with E-state index in [0.717, 1.165) is 49.0 Å². The van der Waals surface area contributed by atoms with Gasteiger partial charge in [0, 0.05) is 30.1 Å². The summed E-state index contributed by atoms with van der Waals surface area (Å²) in [6, 6.07) is 13.4. The topological polar surface area (TPSA) is 67.6 Å². The van der Waals surface area contributed by atoms with Gasteiger partial charge in [0.05, 0.1) is 25.2 Å². The van der Waals surface area contributed by atoms with E-state index in [1.54, 1.807) is 12.1 Å². The van der Waals surface area contributed by atoms with Gasteiger partial charge in [-0.2, -0.15) is 0 Å². The van der Waals surface area contributed by atoms with Gasteiger partial charge < -0.3 is 9.15 Å². The normalized spacial score (nSPS) is 15.1. The molecule has 1 aromatic carbocycles. The third-order valence-corrected chi connectivity index (χ3v) is 5.14. The van der Waals surface area contributed by atoms with Crippen LogP contribution in [0.15, 0.2) is 53.1 Å². The van der Waals surface area contributed by atoms with Crippen molar-refractivity contribution < 1.29 is 13.9 Å². The standard InChI is InChI=1S/C19H19N3O3S/c23-18(15-7-4-10-25-15)21-19-20-17(14-5-2-1-3-6-14)16(26-19)13-22-8-11-24-12-9-22/h1-7,10H,8-9,11-13H2,(H,20,21,23). The first-order chi connectivity index (χ1) is 12.8. The zero-order chi connectivity index (χ0) is 17.8. The Morgan fingerprint density at radius 2 is 1.96 bits per heavy atom. The number of rotatable bonds is 5. The molecule has 3 heterocycles. The van der Waals surface area contributed by atoms with Crippen LogP contribution in [0, 0.1) is 0 Å². The zero-order valence-corrected chi connectivity index (χ0v) is 15.0. The molecule has 3 aromatic rings. The molecular formula is C19H19N3O3S. The lowest BCUT2D eigenvalue weighted by Gasteiger charge is -2.26. The Hall–Kier alpha value is -2.48. The van der Waals surface area contributed by atoms with E-state index in [2.05, 4.69) is 15.2 Å². The van der Waals surface area contributed by atoms with Crippen LogP contribution in [0.4, 0.5) is 5.13 Å². The van der Waals surface area contributed by atoms with Gasteiger partial charge in [-0.25, -0.2) is 4.98 Å². The number of ether oxygens (including phenoxy) is 1. The van der Waals surface area contributed by atoms with Crippen LogP contribution in [0.2, 0.25) is 0 Å². The van der Waals surface area contributed by atoms with Crippen LogP contribution < -0.4 is 5.32 Å². The van der Waals surface area contributed by atoms with Crippen LogP contribution in [0.1, 0.15) is 15.4 Å². The Kier molecular flexibility index (Phi) is 5.10. The number of aromatic nitrogens is 1. The van der Waals surface area contributed by atoms with E-state index in [0.29, 0.717) is 5.13 Å². The van der Waals surface area contributed by atoms with Gasteiger partial charge in [-0.15, -0.1) is 0 Å². The van der Waals surface area contributed by atoms with Crippen LogP contribution >= 0.6 is 11.3 Å². The third-order valence-electron chi connectivity index (χ3n) is 4.18. The molecular weight excluding hydrogens is 350 g/mol. The van der Waals surface area contributed by atoms with Crippen molar-refractivity contribution in [2.75, 3.05) is 31.6 Å². The summed E-state index contributed by atoms with van der Waals surface area (Å²) in [5.74, 6) is -0.0162. The Morgan fingerprint density at radius 1 is 1.15 bits per heavy atom. The largest absolute Gasteiger partial charge is 0.459 e. The van der Waals surface area contributed by atoms with E-state index in [1.807, 2.05) is 30.3 Å². The second-order valence-corrected chi connectivity index (χ2v) is 7.06. The Bertz CT molecular complexity index is 856. The van der Waals surface area contributed by atoms with E-state index in [4.69, 9.17) is 9.15 Å². The van der Waals surface area contributed by atoms with Crippen LogP contribution in [-0.2, 0) is 11.3 Å². The van der Waals surface area contributed by atoms with Gasteiger partial charge in [0.2, 0.25) is 0 Å². The summed E-state index contributed by atoms with van der Waals surface area (Å²) in [5, 5.41) is 3.42. The molecule has 1 N–H and O–H groups in total. The van der Waals surface area contributed by atoms with Gasteiger partial charge in [0.25, 0.3) is 5.91 Å². The molecule has 1 amide bonds. The van der Waals surface area contributed by atoms with E-state index in [-0.39, 0.29) is 11.7 Å². The number of carbonyl (C=O) groups excluding carboxylic acids is 1. The zero-order valence-electron chi connectivity index (χ0n) is 14.2. The van der Waals surface area contributed by atoms with Crippen molar-refractivity contribution in [3.8, 4) is 11.3 Å². The molecule has 0 atom stereocenters. The fraction of sp³-hybridized carbons (Fsp3) is 0.263. The number of nitrogens with one attached hydrogen (secondary N) is 1. The molecule has 0 saturated carbocycles. The highest BCUT2D eigenvalue weighted by molar-refractivity contribution is 7.16. The predicted octanol–water partition coefficient (Wildman–Crippen LogP) is 3.49. The highest BCUT2D eigenvalue weighted by Gasteiger charge is 2.19. The summed E-state index contributed by atoms with van der Waals surface area (Å²) in [6.45, 7) is 4.10. The number of furan rings is 1. The molecule has 26 heavy (non-hydrogen) atoms. The van der Waals surface area contributed by atoms with Gasteiger partial charge in [-0.1, -0.05) is 41.7 Å². The van der Waals surface area contributed by atoms with Crippen molar-refractivity contribution in [3.05, 3.63) is 59.4 Å². The number of carbonyl (C=O) groups is 1. The maximum atomic E-state index is 12.3. The van der Waals surface area contributed by atoms with Gasteiger partial charge >= 0.3 is 0 Å². The van der Waals surface area contributed by atoms with E-state index < -0.39 is 0 Å². The Morgan fingerprint density at radius 3 is 2.69 bits per heavy atom. The minimum Gasteiger partial charge on any atom is -0.459 e. The number of hydrogen-bond donors (Lipinski definition) is 1. The van der Waals surface area contributed by atoms with E-state index in [1.165, 1.54) is 17.6 Å². The number of thiazole rings is 1. The molecule has 1 saturated heterocycles. The smallest absolute Gasteiger partial charge is 0.293 e. The first kappa shape index (κ1) is 17.0. The van der Waals surface area contributed by atoms with Gasteiger partial charge in [-0.05, 0) is 12.1 Å². The van der Waals surface area contributed by atoms with Crippen LogP contribution in [0.3, 0.4) is 0 Å². The molecule has 0 bridgehead atoms. The van der Waals surface area contributed by atoms with Gasteiger partial charge in [0.15, 0.2) is 10.9 Å². The van der Waals surface area contributed by atoms with Crippen molar-refractivity contribution in [2.45, 2.75) is 6.54 Å². The highest BCUT2D eigenvalue weighted by Crippen LogP contribution is 2.32. The molecule has 7 heteroatoms. The van der Waals surface area contributed by atoms with Crippen molar-refractivity contribution in [1.82, 2.24) is 9.88 Å². The Balaban J connectivity index is 1.60. The first-order valence-corrected chi connectivity index (χ1v) is 9.31. The summed E-state index contributed by atoms with van der Waals surface area (Å²) in [7, 11) is 0. The molecule has 1 aliphatic heterocycles. The summed E-state index contributed by atoms with van der Waals surface area (Å²) in [4.78, 5) is 20.4. The number of nitrogens with zero attached hydrogens (tertiary/aromatic N) is 2. The number of benzene rings is 1. The molecule has 0 spiro atoms. The second kappa shape index (κ2) is 7.82. The summed E-state index contributed by atoms with van der Waals surface area (Å²) < 4.78 is 10.6. The monoisotopic (exact) mass is 369 g/mol. The molecule has 0 unspecified atom stereocenters. The predicted molar refractivity (Wildman–Crippen MR) is 100 cm³/mol. The van der Waals surface area contributed by atoms with Crippen LogP contribution in [-0.4, -0.2) is 42.1 Å². The fourth-order valence-electron chi connectivity index (χ4n) is 2.86. The van der Waals surface area contributed by atoms with Gasteiger partial charge in [-0.3, -0.25) is 15.0 Å². The van der Waals surface area contributed by atoms with E-state index in [9.17, 15) is 4.79 Å². The lowest BCUT2D eigenvalue weighted by molar-refractivity contribution is 0.0347. The quantitative estimate of drug-likeness (QED) is 0.746. The number of amides is 1. The molecule has 0 radical (unpaired) electrons. The van der Waals surface area contributed by atoms with Crippen molar-refractivity contribution in [1.29, 1.82) is 0 Å². The van der Waals surface area contributed by atoms with Crippen molar-refractivity contribution in [2.24, 2.45) is 0 Å². The second-order valence-electron chi connectivity index (χ2n) is 5.98. The average molecular weight is 369 g/mol. The minimum atomic E-state index is -0.290. The summed E-state index contributed by atoms with van der Waals surface area (Å²) in [6.07, 6.45) is 1.48. The Labute approximate surface area is 155 Å². The molecule has 2 aromatic heterocycles. The molecule has 4 rings (SSSR count). The first-order valence-electron chi connectivity index (χ1n) is 8.50. The third kappa shape index (κ3) is 3.85. The van der Waals surface area contributed by atoms with Crippen LogP contribution in [0.5, 0.6) is 0 Å². The molecule has 1 fully saturated rings. The van der Waals surface area contributed by atoms with Gasteiger partial charge in [0.1, 0.15) is 0 Å². The fourth-order valence-corrected chi connectivity index (χ4v) is 3.88. The molecule has 1 aliphatic rings. The SMILES string of the molecule is O=C(Nc1nc(-c2ccccc2)c(CN2CCOCC2)s1)c1ccco1.